The highest BCUT2D eigenvalue weighted by Gasteiger charge is 2.32. The number of hydrogen-bond acceptors (Lipinski definition) is 7. The molecule has 34 heavy (non-hydrogen) atoms. The molecular formula is C22H33F3N4O4S. The average Bonchev–Trinajstić information content (AvgIpc) is 3.20. The molecular weight excluding hydrogens is 473 g/mol. The van der Waals surface area contributed by atoms with Gasteiger partial charge in [-0.2, -0.15) is 13.2 Å². The molecule has 8 nitrogen and oxygen atoms in total. The molecule has 1 aliphatic carbocycles. The third kappa shape index (κ3) is 8.37. The highest BCUT2D eigenvalue weighted by molar-refractivity contribution is 7.88. The van der Waals surface area contributed by atoms with Gasteiger partial charge in [-0.1, -0.05) is 6.92 Å². The van der Waals surface area contributed by atoms with Crippen molar-refractivity contribution in [2.45, 2.75) is 82.5 Å². The minimum atomic E-state index is -4.22. The Labute approximate surface area is 198 Å². The van der Waals surface area contributed by atoms with Crippen LogP contribution in [0.25, 0.3) is 0 Å². The lowest BCUT2D eigenvalue weighted by molar-refractivity contribution is -0.152. The number of piperidine rings is 1. The van der Waals surface area contributed by atoms with Crippen molar-refractivity contribution in [3.8, 4) is 0 Å². The first-order valence-corrected chi connectivity index (χ1v) is 13.5. The smallest absolute Gasteiger partial charge is 0.389 e. The van der Waals surface area contributed by atoms with Gasteiger partial charge in [0.05, 0.1) is 6.26 Å². The van der Waals surface area contributed by atoms with Crippen molar-refractivity contribution < 1.29 is 31.1 Å². The van der Waals surface area contributed by atoms with E-state index in [-0.39, 0.29) is 30.9 Å². The molecule has 0 radical (unpaired) electrons. The second-order valence-corrected chi connectivity index (χ2v) is 11.5. The van der Waals surface area contributed by atoms with Gasteiger partial charge in [0.15, 0.2) is 0 Å². The maximum atomic E-state index is 12.4. The van der Waals surface area contributed by atoms with Crippen molar-refractivity contribution in [2.75, 3.05) is 24.7 Å². The number of nitrogens with zero attached hydrogens (tertiary/aromatic N) is 3. The molecule has 2 aliphatic rings. The summed E-state index contributed by atoms with van der Waals surface area (Å²) in [5, 5.41) is 3.26. The van der Waals surface area contributed by atoms with E-state index in [4.69, 9.17) is 4.74 Å². The van der Waals surface area contributed by atoms with Gasteiger partial charge in [-0.05, 0) is 55.9 Å². The minimum absolute atomic E-state index is 0.00892. The first-order chi connectivity index (χ1) is 15.9. The highest BCUT2D eigenvalue weighted by atomic mass is 32.2. The molecule has 1 saturated heterocycles. The van der Waals surface area contributed by atoms with Crippen LogP contribution in [0.4, 0.5) is 19.1 Å². The predicted molar refractivity (Wildman–Crippen MR) is 121 cm³/mol. The lowest BCUT2D eigenvalue weighted by Gasteiger charge is -2.30. The molecule has 2 fully saturated rings. The predicted octanol–water partition coefficient (Wildman–Crippen LogP) is 3.86. The lowest BCUT2D eigenvalue weighted by Crippen LogP contribution is -2.42. The van der Waals surface area contributed by atoms with E-state index < -0.39 is 34.5 Å². The fraction of sp³-hybridized carbons (Fsp3) is 0.773. The van der Waals surface area contributed by atoms with Crippen molar-refractivity contribution >= 4 is 21.9 Å². The Morgan fingerprint density at radius 3 is 2.44 bits per heavy atom. The van der Waals surface area contributed by atoms with E-state index in [1.54, 1.807) is 12.4 Å². The van der Waals surface area contributed by atoms with Crippen LogP contribution in [0.2, 0.25) is 0 Å². The number of carbonyl (C=O) groups is 1. The molecule has 3 atom stereocenters. The Bertz CT molecular complexity index is 919. The van der Waals surface area contributed by atoms with Crippen LogP contribution in [0.3, 0.4) is 0 Å². The summed E-state index contributed by atoms with van der Waals surface area (Å²) in [7, 11) is -3.16. The van der Waals surface area contributed by atoms with Crippen LogP contribution in [0.15, 0.2) is 12.4 Å². The summed E-state index contributed by atoms with van der Waals surface area (Å²) in [6, 6.07) is 0.109. The summed E-state index contributed by atoms with van der Waals surface area (Å²) in [5.41, 5.74) is 0.954. The third-order valence-corrected chi connectivity index (χ3v) is 7.81. The molecule has 0 spiro atoms. The van der Waals surface area contributed by atoms with Crippen molar-refractivity contribution in [3.63, 3.8) is 0 Å². The summed E-state index contributed by atoms with van der Waals surface area (Å²) >= 11 is 0. The van der Waals surface area contributed by atoms with Gasteiger partial charge in [-0.15, -0.1) is 0 Å². The van der Waals surface area contributed by atoms with Crippen LogP contribution >= 0.6 is 0 Å². The van der Waals surface area contributed by atoms with Crippen LogP contribution in [0, 0.1) is 5.92 Å². The highest BCUT2D eigenvalue weighted by Crippen LogP contribution is 2.36. The van der Waals surface area contributed by atoms with Crippen molar-refractivity contribution in [2.24, 2.45) is 5.92 Å². The Balaban J connectivity index is 1.40. The van der Waals surface area contributed by atoms with E-state index in [0.717, 1.165) is 12.0 Å². The summed E-state index contributed by atoms with van der Waals surface area (Å²) in [6.45, 7) is 2.43. The Morgan fingerprint density at radius 2 is 1.85 bits per heavy atom. The van der Waals surface area contributed by atoms with Crippen LogP contribution < -0.4 is 5.32 Å². The third-order valence-electron chi connectivity index (χ3n) is 6.50. The first-order valence-electron chi connectivity index (χ1n) is 11.7. The van der Waals surface area contributed by atoms with Crippen LogP contribution in [-0.4, -0.2) is 66.3 Å². The number of aromatic nitrogens is 2. The quantitative estimate of drug-likeness (QED) is 0.508. The first kappa shape index (κ1) is 26.7. The zero-order valence-corrected chi connectivity index (χ0v) is 20.4. The van der Waals surface area contributed by atoms with Gasteiger partial charge in [0, 0.05) is 44.4 Å². The SMILES string of the molecule is C[C@H](CCC(=O)O[C@@H]1CC[C@H](c2cnc(NC3CCN(S(C)(=O)=O)CC3)nc2)C1)CC(F)(F)F. The van der Waals surface area contributed by atoms with Gasteiger partial charge in [-0.25, -0.2) is 22.7 Å². The molecule has 192 valence electrons. The number of alkyl halides is 3. The molecule has 1 N–H and O–H groups in total. The molecule has 2 heterocycles. The number of nitrogens with one attached hydrogen (secondary N) is 1. The molecule has 3 rings (SSSR count). The Hall–Kier alpha value is -1.95. The number of esters is 1. The van der Waals surface area contributed by atoms with Gasteiger partial charge in [0.25, 0.3) is 0 Å². The van der Waals surface area contributed by atoms with Gasteiger partial charge < -0.3 is 10.1 Å². The Morgan fingerprint density at radius 1 is 1.21 bits per heavy atom. The van der Waals surface area contributed by atoms with Crippen molar-refractivity contribution in [1.82, 2.24) is 14.3 Å². The molecule has 0 aromatic carbocycles. The number of ether oxygens (including phenoxy) is 1. The summed E-state index contributed by atoms with van der Waals surface area (Å²) in [6.07, 6.45) is 3.06. The number of rotatable bonds is 9. The molecule has 0 amide bonds. The largest absolute Gasteiger partial charge is 0.462 e. The molecule has 0 unspecified atom stereocenters. The van der Waals surface area contributed by atoms with Crippen LogP contribution in [0.1, 0.15) is 69.8 Å². The second-order valence-electron chi connectivity index (χ2n) is 9.51. The average molecular weight is 507 g/mol. The summed E-state index contributed by atoms with van der Waals surface area (Å²) in [5.74, 6) is -0.401. The van der Waals surface area contributed by atoms with E-state index in [1.807, 2.05) is 0 Å². The van der Waals surface area contributed by atoms with E-state index in [9.17, 15) is 26.4 Å². The van der Waals surface area contributed by atoms with E-state index in [1.165, 1.54) is 17.5 Å². The number of anilines is 1. The number of carbonyl (C=O) groups excluding carboxylic acids is 1. The van der Waals surface area contributed by atoms with Crippen molar-refractivity contribution in [1.29, 1.82) is 0 Å². The topological polar surface area (TPSA) is 101 Å². The van der Waals surface area contributed by atoms with Gasteiger partial charge >= 0.3 is 12.1 Å². The minimum Gasteiger partial charge on any atom is -0.462 e. The summed E-state index contributed by atoms with van der Waals surface area (Å²) in [4.78, 5) is 20.8. The molecule has 1 aromatic rings. The Kier molecular flexibility index (Phi) is 8.77. The monoisotopic (exact) mass is 506 g/mol. The zero-order chi connectivity index (χ0) is 24.9. The molecule has 1 aromatic heterocycles. The van der Waals surface area contributed by atoms with Gasteiger partial charge in [0.2, 0.25) is 16.0 Å². The maximum Gasteiger partial charge on any atom is 0.389 e. The molecule has 12 heteroatoms. The van der Waals surface area contributed by atoms with Crippen molar-refractivity contribution in [3.05, 3.63) is 18.0 Å². The standard InChI is InChI=1S/C22H33F3N4O4S/c1-15(12-22(23,24)25)3-6-20(30)33-19-5-4-16(11-19)17-13-26-21(27-14-17)28-18-7-9-29(10-8-18)34(2,31)32/h13-16,18-19H,3-12H2,1-2H3,(H,26,27,28)/t15-,16+,19-/m1/s1. The van der Waals surface area contributed by atoms with E-state index in [0.29, 0.717) is 44.7 Å². The maximum absolute atomic E-state index is 12.4. The van der Waals surface area contributed by atoms with E-state index in [2.05, 4.69) is 15.3 Å². The molecule has 0 bridgehead atoms. The fourth-order valence-corrected chi connectivity index (χ4v) is 5.47. The zero-order valence-electron chi connectivity index (χ0n) is 19.6. The van der Waals surface area contributed by atoms with Gasteiger partial charge in [-0.3, -0.25) is 4.79 Å². The molecule has 1 saturated carbocycles. The number of sulfonamides is 1. The van der Waals surface area contributed by atoms with Crippen LogP contribution in [0.5, 0.6) is 0 Å². The number of hydrogen-bond donors (Lipinski definition) is 1. The fourth-order valence-electron chi connectivity index (χ4n) is 4.59. The van der Waals surface area contributed by atoms with Gasteiger partial charge in [0.1, 0.15) is 6.10 Å². The number of halogens is 3. The summed E-state index contributed by atoms with van der Waals surface area (Å²) < 4.78 is 67.4. The second kappa shape index (κ2) is 11.2. The lowest BCUT2D eigenvalue weighted by atomic mass is 10.0. The van der Waals surface area contributed by atoms with E-state index >= 15 is 0 Å². The normalized spacial score (nSPS) is 23.6. The van der Waals surface area contributed by atoms with Crippen LogP contribution in [-0.2, 0) is 19.6 Å². The molecule has 1 aliphatic heterocycles.